The van der Waals surface area contributed by atoms with Crippen molar-refractivity contribution in [1.29, 1.82) is 0 Å². The van der Waals surface area contributed by atoms with Crippen LogP contribution in [0, 0.1) is 5.82 Å². The van der Waals surface area contributed by atoms with Crippen molar-refractivity contribution in [3.05, 3.63) is 63.0 Å². The molecule has 250 valence electrons. The Bertz CT molecular complexity index is 1700. The molecule has 12 heteroatoms. The van der Waals surface area contributed by atoms with Gasteiger partial charge in [-0.15, -0.1) is 0 Å². The molecule has 0 radical (unpaired) electrons. The van der Waals surface area contributed by atoms with Crippen molar-refractivity contribution in [3.63, 3.8) is 0 Å². The lowest BCUT2D eigenvalue weighted by Crippen LogP contribution is -2.41. The number of ether oxygens (including phenoxy) is 1. The van der Waals surface area contributed by atoms with Gasteiger partial charge in [0.15, 0.2) is 0 Å². The van der Waals surface area contributed by atoms with E-state index in [1.165, 1.54) is 23.6 Å². The molecule has 1 saturated heterocycles. The van der Waals surface area contributed by atoms with Crippen LogP contribution in [0.5, 0.6) is 0 Å². The number of benzene rings is 1. The van der Waals surface area contributed by atoms with Crippen LogP contribution in [0.15, 0.2) is 29.1 Å². The Morgan fingerprint density at radius 3 is 2.41 bits per heavy atom. The molecule has 3 aromatic rings. The van der Waals surface area contributed by atoms with Crippen molar-refractivity contribution in [2.45, 2.75) is 109 Å². The van der Waals surface area contributed by atoms with Crippen LogP contribution in [-0.4, -0.2) is 56.2 Å². The molecule has 1 aliphatic heterocycles. The average molecular weight is 644 g/mol. The minimum atomic E-state index is -3.87. The quantitative estimate of drug-likeness (QED) is 0.282. The van der Waals surface area contributed by atoms with E-state index < -0.39 is 40.2 Å². The zero-order chi connectivity index (χ0) is 33.8. The third kappa shape index (κ3) is 5.78. The molecule has 0 bridgehead atoms. The highest BCUT2D eigenvalue weighted by atomic mass is 19.3. The summed E-state index contributed by atoms with van der Waals surface area (Å²) in [5, 5.41) is 13.7. The van der Waals surface area contributed by atoms with Crippen molar-refractivity contribution in [2.75, 3.05) is 25.5 Å². The second kappa shape index (κ2) is 12.3. The van der Waals surface area contributed by atoms with Crippen LogP contribution in [0.4, 0.5) is 19.0 Å². The number of aromatic nitrogens is 3. The Labute approximate surface area is 267 Å². The zero-order valence-corrected chi connectivity index (χ0v) is 27.6. The van der Waals surface area contributed by atoms with Gasteiger partial charge < -0.3 is 20.1 Å². The van der Waals surface area contributed by atoms with Gasteiger partial charge in [0.1, 0.15) is 28.5 Å². The van der Waals surface area contributed by atoms with Gasteiger partial charge in [-0.2, -0.15) is 13.8 Å². The molecule has 5 rings (SSSR count). The highest BCUT2D eigenvalue weighted by molar-refractivity contribution is 5.88. The van der Waals surface area contributed by atoms with Crippen molar-refractivity contribution in [3.8, 4) is 0 Å². The maximum absolute atomic E-state index is 15.7. The summed E-state index contributed by atoms with van der Waals surface area (Å²) >= 11 is 0. The Hall–Kier alpha value is -3.51. The molecular weight excluding hydrogens is 599 g/mol. The largest absolute Gasteiger partial charge is 0.384 e. The van der Waals surface area contributed by atoms with Crippen LogP contribution < -0.4 is 11.0 Å². The first-order chi connectivity index (χ1) is 21.5. The minimum Gasteiger partial charge on any atom is -0.384 e. The zero-order valence-electron chi connectivity index (χ0n) is 27.6. The topological polar surface area (TPSA) is 110 Å². The van der Waals surface area contributed by atoms with E-state index in [9.17, 15) is 14.7 Å². The van der Waals surface area contributed by atoms with E-state index in [0.29, 0.717) is 30.5 Å². The van der Waals surface area contributed by atoms with Crippen molar-refractivity contribution >= 4 is 22.8 Å². The normalized spacial score (nSPS) is 20.2. The van der Waals surface area contributed by atoms with Crippen molar-refractivity contribution < 1.29 is 27.8 Å². The number of carbonyl (C=O) groups excluding carboxylic acids is 1. The Kier molecular flexibility index (Phi) is 9.02. The number of halogens is 3. The summed E-state index contributed by atoms with van der Waals surface area (Å²) in [7, 11) is 1.62. The number of amides is 1. The van der Waals surface area contributed by atoms with Crippen LogP contribution in [0.1, 0.15) is 114 Å². The van der Waals surface area contributed by atoms with E-state index in [-0.39, 0.29) is 29.2 Å². The van der Waals surface area contributed by atoms with Gasteiger partial charge in [-0.25, -0.2) is 14.2 Å². The van der Waals surface area contributed by atoms with Gasteiger partial charge in [-0.05, 0) is 59.6 Å². The lowest BCUT2D eigenvalue weighted by molar-refractivity contribution is -0.170. The lowest BCUT2D eigenvalue weighted by atomic mass is 9.85. The summed E-state index contributed by atoms with van der Waals surface area (Å²) in [5.41, 5.74) is -2.84. The molecular formula is C34H44F3N5O4. The molecule has 1 unspecified atom stereocenters. The number of nitrogens with one attached hydrogen (secondary N) is 1. The number of likely N-dealkylation sites (tertiary alicyclic amines) is 1. The van der Waals surface area contributed by atoms with E-state index in [0.717, 1.165) is 56.9 Å². The van der Waals surface area contributed by atoms with Gasteiger partial charge >= 0.3 is 11.6 Å². The summed E-state index contributed by atoms with van der Waals surface area (Å²) in [6, 6.07) is 4.39. The third-order valence-corrected chi connectivity index (χ3v) is 9.70. The van der Waals surface area contributed by atoms with Crippen LogP contribution in [0.3, 0.4) is 0 Å². The molecule has 2 aromatic heterocycles. The summed E-state index contributed by atoms with van der Waals surface area (Å²) in [5.74, 6) is -4.81. The number of fused-ring (bicyclic) bond motifs is 1. The van der Waals surface area contributed by atoms with Crippen molar-refractivity contribution in [1.82, 2.24) is 19.4 Å². The standard InChI is InChI=1S/C34H44F3N5O4/c1-19(2)42-30-24(17-26(28(39-30)22-11-8-9-12-22)33(46-7)15-16-41(18-33)21(4)43)29(40-31(42)44)38-20(3)23-13-10-14-25(27(23)35)34(36,37)32(5,6)45/h10,13-14,17,19-20,22,45H,8-9,11-12,15-16,18H2,1-7H3,(H,38,40,44)/t20-,33?/m1/s1. The lowest BCUT2D eigenvalue weighted by Gasteiger charge is -2.32. The smallest absolute Gasteiger partial charge is 0.351 e. The number of rotatable bonds is 9. The van der Waals surface area contributed by atoms with Gasteiger partial charge in [0, 0.05) is 50.1 Å². The maximum Gasteiger partial charge on any atom is 0.351 e. The van der Waals surface area contributed by atoms with E-state index in [1.54, 1.807) is 18.9 Å². The summed E-state index contributed by atoms with van der Waals surface area (Å²) in [6.45, 7) is 9.57. The molecule has 2 atom stereocenters. The number of methoxy groups -OCH3 is 1. The van der Waals surface area contributed by atoms with Gasteiger partial charge in [0.2, 0.25) is 5.91 Å². The fourth-order valence-corrected chi connectivity index (χ4v) is 6.91. The third-order valence-electron chi connectivity index (χ3n) is 9.70. The minimum absolute atomic E-state index is 0.0546. The highest BCUT2D eigenvalue weighted by Crippen LogP contribution is 2.45. The monoisotopic (exact) mass is 643 g/mol. The molecule has 2 N–H and O–H groups in total. The van der Waals surface area contributed by atoms with E-state index >= 15 is 13.2 Å². The molecule has 0 spiro atoms. The number of aliphatic hydroxyl groups is 1. The summed E-state index contributed by atoms with van der Waals surface area (Å²) < 4.78 is 53.6. The number of hydrogen-bond acceptors (Lipinski definition) is 7. The average Bonchev–Trinajstić information content (AvgIpc) is 3.67. The molecule has 1 saturated carbocycles. The second-order valence-electron chi connectivity index (χ2n) is 13.6. The van der Waals surface area contributed by atoms with Crippen molar-refractivity contribution in [2.24, 2.45) is 0 Å². The van der Waals surface area contributed by atoms with Gasteiger partial charge in [0.25, 0.3) is 0 Å². The van der Waals surface area contributed by atoms with Gasteiger partial charge in [-0.1, -0.05) is 25.0 Å². The van der Waals surface area contributed by atoms with E-state index in [1.807, 2.05) is 19.9 Å². The molecule has 2 aliphatic rings. The van der Waals surface area contributed by atoms with Crippen LogP contribution in [0.2, 0.25) is 0 Å². The molecule has 1 aromatic carbocycles. The van der Waals surface area contributed by atoms with Gasteiger partial charge in [0.05, 0.1) is 29.2 Å². The molecule has 1 aliphatic carbocycles. The first-order valence-corrected chi connectivity index (χ1v) is 16.0. The Balaban J connectivity index is 1.70. The number of anilines is 1. The fraction of sp³-hybridized carbons (Fsp3) is 0.588. The summed E-state index contributed by atoms with van der Waals surface area (Å²) in [4.78, 5) is 37.1. The predicted molar refractivity (Wildman–Crippen MR) is 170 cm³/mol. The Morgan fingerprint density at radius 2 is 1.85 bits per heavy atom. The number of hydrogen-bond donors (Lipinski definition) is 2. The molecule has 9 nitrogen and oxygen atoms in total. The number of nitrogens with zero attached hydrogens (tertiary/aromatic N) is 4. The Morgan fingerprint density at radius 1 is 1.17 bits per heavy atom. The number of carbonyl (C=O) groups is 1. The molecule has 3 heterocycles. The SMILES string of the molecule is COC1(c2cc3c(N[C@H](C)c4cccc(C(F)(F)C(C)(C)O)c4F)nc(=O)n(C(C)C)c3nc2C2CCCC2)CCN(C(C)=O)C1. The predicted octanol–water partition coefficient (Wildman–Crippen LogP) is 6.30. The maximum atomic E-state index is 15.7. The van der Waals surface area contributed by atoms with Gasteiger partial charge in [-0.3, -0.25) is 9.36 Å². The van der Waals surface area contributed by atoms with Crippen LogP contribution in [-0.2, 0) is 21.1 Å². The number of pyridine rings is 1. The fourth-order valence-electron chi connectivity index (χ4n) is 6.91. The van der Waals surface area contributed by atoms with E-state index in [4.69, 9.17) is 9.72 Å². The summed E-state index contributed by atoms with van der Waals surface area (Å²) in [6.07, 6.45) is 4.54. The second-order valence-corrected chi connectivity index (χ2v) is 13.6. The molecule has 1 amide bonds. The number of alkyl halides is 2. The highest BCUT2D eigenvalue weighted by Gasteiger charge is 2.49. The van der Waals surface area contributed by atoms with Crippen LogP contribution in [0.25, 0.3) is 11.0 Å². The molecule has 2 fully saturated rings. The van der Waals surface area contributed by atoms with Crippen LogP contribution >= 0.6 is 0 Å². The van der Waals surface area contributed by atoms with E-state index in [2.05, 4.69) is 10.3 Å². The first kappa shape index (κ1) is 33.8. The first-order valence-electron chi connectivity index (χ1n) is 16.0. The molecule has 46 heavy (non-hydrogen) atoms.